The van der Waals surface area contributed by atoms with Crippen LogP contribution in [0.25, 0.3) is 5.69 Å². The third-order valence-electron chi connectivity index (χ3n) is 4.70. The molecule has 0 bridgehead atoms. The van der Waals surface area contributed by atoms with Crippen molar-refractivity contribution >= 4 is 39.7 Å². The lowest BCUT2D eigenvalue weighted by atomic mass is 10.2. The zero-order valence-electron chi connectivity index (χ0n) is 18.0. The summed E-state index contributed by atoms with van der Waals surface area (Å²) in [4.78, 5) is 12.6. The van der Waals surface area contributed by atoms with Gasteiger partial charge in [-0.15, -0.1) is 0 Å². The van der Waals surface area contributed by atoms with Crippen LogP contribution in [0, 0.1) is 13.8 Å². The fourth-order valence-electron chi connectivity index (χ4n) is 3.23. The number of rotatable bonds is 8. The number of hydrogen-bond donors (Lipinski definition) is 1. The summed E-state index contributed by atoms with van der Waals surface area (Å²) in [6.07, 6.45) is 3.16. The van der Waals surface area contributed by atoms with Gasteiger partial charge in [0.1, 0.15) is 6.61 Å². The van der Waals surface area contributed by atoms with Crippen molar-refractivity contribution in [2.75, 3.05) is 13.7 Å². The maximum Gasteiger partial charge on any atom is 0.272 e. The Balaban J connectivity index is 1.74. The lowest BCUT2D eigenvalue weighted by Gasteiger charge is -2.12. The van der Waals surface area contributed by atoms with Crippen molar-refractivity contribution in [1.29, 1.82) is 0 Å². The molecular formula is C24H23BrClN3O3. The number of carbonyl (C=O) groups is 1. The number of benzene rings is 2. The summed E-state index contributed by atoms with van der Waals surface area (Å²) in [5, 5.41) is 4.39. The summed E-state index contributed by atoms with van der Waals surface area (Å²) < 4.78 is 13.7. The van der Waals surface area contributed by atoms with Gasteiger partial charge in [-0.05, 0) is 77.8 Å². The molecule has 3 rings (SSSR count). The first-order valence-corrected chi connectivity index (χ1v) is 10.9. The monoisotopic (exact) mass is 515 g/mol. The minimum absolute atomic E-state index is 0.335. The highest BCUT2D eigenvalue weighted by Crippen LogP contribution is 2.36. The standard InChI is InChI=1S/C24H23BrClN3O3/c1-5-10-32-23-20(25)11-17(12-22(23)31-4)14-27-28-24(30)19-9-8-18(13-21(19)26)29-15(2)6-7-16(29)3/h5-9,11-14H,1,10H2,2-4H3,(H,28,30)/b27-14-. The van der Waals surface area contributed by atoms with Gasteiger partial charge >= 0.3 is 0 Å². The average molecular weight is 517 g/mol. The molecule has 0 saturated heterocycles. The highest BCUT2D eigenvalue weighted by molar-refractivity contribution is 9.10. The quantitative estimate of drug-likeness (QED) is 0.232. The summed E-state index contributed by atoms with van der Waals surface area (Å²) in [5.41, 5.74) is 6.62. The van der Waals surface area contributed by atoms with Gasteiger partial charge in [-0.1, -0.05) is 24.3 Å². The molecule has 1 heterocycles. The summed E-state index contributed by atoms with van der Waals surface area (Å²) in [7, 11) is 1.55. The van der Waals surface area contributed by atoms with E-state index in [1.807, 2.05) is 32.0 Å². The number of ether oxygens (including phenoxy) is 2. The van der Waals surface area contributed by atoms with E-state index in [2.05, 4.69) is 37.6 Å². The summed E-state index contributed by atoms with van der Waals surface area (Å²) in [6.45, 7) is 8.02. The Bertz CT molecular complexity index is 1170. The van der Waals surface area contributed by atoms with E-state index in [0.717, 1.165) is 17.1 Å². The molecule has 8 heteroatoms. The molecule has 1 N–H and O–H groups in total. The molecule has 32 heavy (non-hydrogen) atoms. The second kappa shape index (κ2) is 10.5. The first-order chi connectivity index (χ1) is 15.3. The van der Waals surface area contributed by atoms with Crippen LogP contribution in [0.4, 0.5) is 0 Å². The summed E-state index contributed by atoms with van der Waals surface area (Å²) in [6, 6.07) is 12.9. The molecule has 0 spiro atoms. The predicted octanol–water partition coefficient (Wildman–Crippen LogP) is 5.85. The van der Waals surface area contributed by atoms with E-state index in [9.17, 15) is 4.79 Å². The average Bonchev–Trinajstić information content (AvgIpc) is 3.10. The van der Waals surface area contributed by atoms with E-state index in [4.69, 9.17) is 21.1 Å². The molecule has 6 nitrogen and oxygen atoms in total. The van der Waals surface area contributed by atoms with Crippen molar-refractivity contribution in [3.63, 3.8) is 0 Å². The summed E-state index contributed by atoms with van der Waals surface area (Å²) >= 11 is 9.85. The summed E-state index contributed by atoms with van der Waals surface area (Å²) in [5.74, 6) is 0.688. The number of nitrogens with zero attached hydrogens (tertiary/aromatic N) is 2. The zero-order valence-corrected chi connectivity index (χ0v) is 20.3. The minimum Gasteiger partial charge on any atom is -0.493 e. The molecule has 0 aliphatic rings. The highest BCUT2D eigenvalue weighted by atomic mass is 79.9. The topological polar surface area (TPSA) is 64.8 Å². The lowest BCUT2D eigenvalue weighted by Crippen LogP contribution is -2.18. The second-order valence-corrected chi connectivity index (χ2v) is 8.21. The van der Waals surface area contributed by atoms with E-state index in [1.54, 1.807) is 37.5 Å². The van der Waals surface area contributed by atoms with Gasteiger partial charge in [-0.2, -0.15) is 5.10 Å². The maximum atomic E-state index is 12.6. The van der Waals surface area contributed by atoms with Crippen LogP contribution in [0.2, 0.25) is 5.02 Å². The number of carbonyl (C=O) groups excluding carboxylic acids is 1. The lowest BCUT2D eigenvalue weighted by molar-refractivity contribution is 0.0955. The van der Waals surface area contributed by atoms with E-state index < -0.39 is 5.91 Å². The van der Waals surface area contributed by atoms with E-state index in [1.165, 1.54) is 6.21 Å². The van der Waals surface area contributed by atoms with Gasteiger partial charge in [0.25, 0.3) is 5.91 Å². The first-order valence-electron chi connectivity index (χ1n) is 9.75. The Morgan fingerprint density at radius 2 is 1.94 bits per heavy atom. The Kier molecular flexibility index (Phi) is 7.77. The Morgan fingerprint density at radius 1 is 1.22 bits per heavy atom. The molecule has 0 aliphatic heterocycles. The van der Waals surface area contributed by atoms with E-state index in [0.29, 0.717) is 38.7 Å². The Labute approximate surface area is 200 Å². The van der Waals surface area contributed by atoms with Gasteiger partial charge in [0.2, 0.25) is 0 Å². The molecule has 0 atom stereocenters. The number of aryl methyl sites for hydroxylation is 2. The van der Waals surface area contributed by atoms with Crippen molar-refractivity contribution in [2.24, 2.45) is 5.10 Å². The van der Waals surface area contributed by atoms with Gasteiger partial charge in [0.05, 0.1) is 28.4 Å². The number of nitrogens with one attached hydrogen (secondary N) is 1. The largest absolute Gasteiger partial charge is 0.493 e. The SMILES string of the molecule is C=CCOc1c(Br)cc(/C=N\NC(=O)c2ccc(-n3c(C)ccc3C)cc2Cl)cc1OC. The van der Waals surface area contributed by atoms with Crippen LogP contribution in [-0.2, 0) is 0 Å². The van der Waals surface area contributed by atoms with Crippen LogP contribution < -0.4 is 14.9 Å². The van der Waals surface area contributed by atoms with Gasteiger partial charge in [-0.25, -0.2) is 5.43 Å². The molecule has 0 fully saturated rings. The zero-order chi connectivity index (χ0) is 23.3. The third kappa shape index (κ3) is 5.23. The molecule has 0 unspecified atom stereocenters. The van der Waals surface area contributed by atoms with Crippen molar-refractivity contribution in [2.45, 2.75) is 13.8 Å². The predicted molar refractivity (Wildman–Crippen MR) is 132 cm³/mol. The van der Waals surface area contributed by atoms with Crippen molar-refractivity contribution < 1.29 is 14.3 Å². The number of hydrazone groups is 1. The van der Waals surface area contributed by atoms with Crippen LogP contribution in [0.1, 0.15) is 27.3 Å². The molecule has 166 valence electrons. The fourth-order valence-corrected chi connectivity index (χ4v) is 4.06. The van der Waals surface area contributed by atoms with Crippen LogP contribution in [0.5, 0.6) is 11.5 Å². The molecule has 3 aromatic rings. The third-order valence-corrected chi connectivity index (χ3v) is 5.61. The number of amides is 1. The first kappa shape index (κ1) is 23.6. The number of aromatic nitrogens is 1. The normalized spacial score (nSPS) is 10.9. The van der Waals surface area contributed by atoms with E-state index in [-0.39, 0.29) is 0 Å². The van der Waals surface area contributed by atoms with Crippen LogP contribution in [0.15, 0.2) is 64.7 Å². The number of hydrogen-bond acceptors (Lipinski definition) is 4. The van der Waals surface area contributed by atoms with Gasteiger partial charge in [0, 0.05) is 17.1 Å². The van der Waals surface area contributed by atoms with Gasteiger partial charge < -0.3 is 14.0 Å². The van der Waals surface area contributed by atoms with E-state index >= 15 is 0 Å². The van der Waals surface area contributed by atoms with Crippen molar-refractivity contribution in [1.82, 2.24) is 9.99 Å². The minimum atomic E-state index is -0.407. The van der Waals surface area contributed by atoms with Crippen molar-refractivity contribution in [3.05, 3.63) is 87.1 Å². The molecule has 0 radical (unpaired) electrons. The Morgan fingerprint density at radius 3 is 2.56 bits per heavy atom. The van der Waals surface area contributed by atoms with Gasteiger partial charge in [-0.3, -0.25) is 4.79 Å². The molecular weight excluding hydrogens is 494 g/mol. The number of halogens is 2. The molecule has 0 saturated carbocycles. The second-order valence-electron chi connectivity index (χ2n) is 6.95. The number of methoxy groups -OCH3 is 1. The molecule has 1 amide bonds. The molecule has 2 aromatic carbocycles. The van der Waals surface area contributed by atoms with Crippen molar-refractivity contribution in [3.8, 4) is 17.2 Å². The van der Waals surface area contributed by atoms with Crippen LogP contribution >= 0.6 is 27.5 Å². The Hall–Kier alpha value is -3.03. The maximum absolute atomic E-state index is 12.6. The highest BCUT2D eigenvalue weighted by Gasteiger charge is 2.13. The molecule has 0 aliphatic carbocycles. The smallest absolute Gasteiger partial charge is 0.272 e. The molecule has 1 aromatic heterocycles. The van der Waals surface area contributed by atoms with Crippen LogP contribution in [-0.4, -0.2) is 30.4 Å². The van der Waals surface area contributed by atoms with Crippen LogP contribution in [0.3, 0.4) is 0 Å². The fraction of sp³-hybridized carbons (Fsp3) is 0.167. The van der Waals surface area contributed by atoms with Gasteiger partial charge in [0.15, 0.2) is 11.5 Å².